The lowest BCUT2D eigenvalue weighted by Gasteiger charge is -2.33. The molecular weight excluding hydrogens is 198 g/mol. The second-order valence-electron chi connectivity index (χ2n) is 4.38. The fourth-order valence-electron chi connectivity index (χ4n) is 2.48. The van der Waals surface area contributed by atoms with Crippen molar-refractivity contribution in [3.05, 3.63) is 42.0 Å². The molecule has 80 valence electrons. The standard InChI is InChI=1S/C13H13N3/c1-10-2-4-11(5-3-10)16-13-7-6-12(8-13)15(16)9-14/h2-7,12-13H,8H2,1H3. The first kappa shape index (κ1) is 9.29. The first-order chi connectivity index (χ1) is 7.79. The number of anilines is 1. The number of aryl methyl sites for hydroxylation is 1. The Kier molecular flexibility index (Phi) is 1.90. The number of rotatable bonds is 1. The summed E-state index contributed by atoms with van der Waals surface area (Å²) in [6, 6.07) is 8.94. The average molecular weight is 211 g/mol. The van der Waals surface area contributed by atoms with Gasteiger partial charge in [-0.2, -0.15) is 5.26 Å². The number of nitrogens with zero attached hydrogens (tertiary/aromatic N) is 3. The normalized spacial score (nSPS) is 26.2. The fraction of sp³-hybridized carbons (Fsp3) is 0.308. The van der Waals surface area contributed by atoms with Crippen LogP contribution in [-0.2, 0) is 0 Å². The lowest BCUT2D eigenvalue weighted by Crippen LogP contribution is -2.42. The molecule has 0 radical (unpaired) electrons. The third-order valence-corrected chi connectivity index (χ3v) is 3.30. The Labute approximate surface area is 95.2 Å². The summed E-state index contributed by atoms with van der Waals surface area (Å²) in [7, 11) is 0. The summed E-state index contributed by atoms with van der Waals surface area (Å²) in [5, 5.41) is 13.0. The number of hydrogen-bond acceptors (Lipinski definition) is 3. The van der Waals surface area contributed by atoms with E-state index in [2.05, 4.69) is 54.5 Å². The lowest BCUT2D eigenvalue weighted by atomic mass is 10.2. The predicted octanol–water partition coefficient (Wildman–Crippen LogP) is 2.21. The molecule has 3 rings (SSSR count). The van der Waals surface area contributed by atoms with Crippen molar-refractivity contribution in [1.82, 2.24) is 5.01 Å². The van der Waals surface area contributed by atoms with Crippen LogP contribution in [0, 0.1) is 18.4 Å². The van der Waals surface area contributed by atoms with Gasteiger partial charge in [-0.05, 0) is 19.1 Å². The van der Waals surface area contributed by atoms with Gasteiger partial charge < -0.3 is 0 Å². The fourth-order valence-corrected chi connectivity index (χ4v) is 2.48. The van der Waals surface area contributed by atoms with Crippen molar-refractivity contribution in [1.29, 1.82) is 5.26 Å². The van der Waals surface area contributed by atoms with Crippen LogP contribution in [0.2, 0.25) is 0 Å². The summed E-state index contributed by atoms with van der Waals surface area (Å²) in [4.78, 5) is 0. The van der Waals surface area contributed by atoms with Crippen molar-refractivity contribution in [2.24, 2.45) is 0 Å². The van der Waals surface area contributed by atoms with E-state index >= 15 is 0 Å². The van der Waals surface area contributed by atoms with E-state index in [4.69, 9.17) is 0 Å². The molecule has 2 unspecified atom stereocenters. The third-order valence-electron chi connectivity index (χ3n) is 3.30. The Morgan fingerprint density at radius 3 is 2.56 bits per heavy atom. The van der Waals surface area contributed by atoms with Gasteiger partial charge in [-0.3, -0.25) is 5.01 Å². The first-order valence-electron chi connectivity index (χ1n) is 5.53. The van der Waals surface area contributed by atoms with Crippen molar-refractivity contribution in [2.75, 3.05) is 5.01 Å². The van der Waals surface area contributed by atoms with Crippen LogP contribution >= 0.6 is 0 Å². The Morgan fingerprint density at radius 2 is 1.88 bits per heavy atom. The third kappa shape index (κ3) is 1.20. The second-order valence-corrected chi connectivity index (χ2v) is 4.38. The molecule has 1 aromatic rings. The summed E-state index contributed by atoms with van der Waals surface area (Å²) in [5.74, 6) is 0. The molecule has 2 atom stereocenters. The molecule has 0 amide bonds. The maximum atomic E-state index is 9.17. The molecule has 1 aromatic carbocycles. The first-order valence-corrected chi connectivity index (χ1v) is 5.53. The van der Waals surface area contributed by atoms with E-state index in [-0.39, 0.29) is 6.04 Å². The van der Waals surface area contributed by atoms with Crippen LogP contribution in [0.3, 0.4) is 0 Å². The monoisotopic (exact) mass is 211 g/mol. The zero-order valence-corrected chi connectivity index (χ0v) is 9.17. The molecule has 3 nitrogen and oxygen atoms in total. The van der Waals surface area contributed by atoms with Gasteiger partial charge in [-0.25, -0.2) is 5.01 Å². The average Bonchev–Trinajstić information content (AvgIpc) is 2.89. The molecule has 2 bridgehead atoms. The van der Waals surface area contributed by atoms with Gasteiger partial charge in [0.1, 0.15) is 0 Å². The van der Waals surface area contributed by atoms with E-state index in [0.29, 0.717) is 6.04 Å². The van der Waals surface area contributed by atoms with Crippen LogP contribution in [0.5, 0.6) is 0 Å². The van der Waals surface area contributed by atoms with Gasteiger partial charge in [0.2, 0.25) is 6.19 Å². The number of benzene rings is 1. The van der Waals surface area contributed by atoms with Crippen molar-refractivity contribution in [2.45, 2.75) is 25.4 Å². The van der Waals surface area contributed by atoms with Gasteiger partial charge in [-0.15, -0.1) is 0 Å². The smallest absolute Gasteiger partial charge is 0.200 e. The molecule has 16 heavy (non-hydrogen) atoms. The van der Waals surface area contributed by atoms with Gasteiger partial charge in [0.05, 0.1) is 17.8 Å². The molecule has 1 aliphatic carbocycles. The summed E-state index contributed by atoms with van der Waals surface area (Å²) >= 11 is 0. The number of fused-ring (bicyclic) bond motifs is 2. The molecule has 1 aliphatic heterocycles. The van der Waals surface area contributed by atoms with E-state index in [1.165, 1.54) is 5.56 Å². The molecule has 0 N–H and O–H groups in total. The summed E-state index contributed by atoms with van der Waals surface area (Å²) < 4.78 is 0. The van der Waals surface area contributed by atoms with Crippen LogP contribution in [-0.4, -0.2) is 17.1 Å². The Morgan fingerprint density at radius 1 is 1.19 bits per heavy atom. The SMILES string of the molecule is Cc1ccc(N2C3C=CC(C3)N2C#N)cc1. The maximum absolute atomic E-state index is 9.17. The van der Waals surface area contributed by atoms with E-state index < -0.39 is 0 Å². The number of hydrazine groups is 1. The molecular formula is C13H13N3. The minimum atomic E-state index is 0.260. The van der Waals surface area contributed by atoms with Gasteiger partial charge in [0, 0.05) is 6.42 Å². The molecule has 0 spiro atoms. The second kappa shape index (κ2) is 3.28. The van der Waals surface area contributed by atoms with Gasteiger partial charge >= 0.3 is 0 Å². The van der Waals surface area contributed by atoms with E-state index in [1.54, 1.807) is 5.01 Å². The van der Waals surface area contributed by atoms with Crippen molar-refractivity contribution in [3.63, 3.8) is 0 Å². The van der Waals surface area contributed by atoms with E-state index in [0.717, 1.165) is 12.1 Å². The highest BCUT2D eigenvalue weighted by Gasteiger charge is 2.40. The molecule has 0 aromatic heterocycles. The van der Waals surface area contributed by atoms with Crippen molar-refractivity contribution in [3.8, 4) is 6.19 Å². The van der Waals surface area contributed by atoms with Crippen LogP contribution in [0.4, 0.5) is 5.69 Å². The topological polar surface area (TPSA) is 30.3 Å². The summed E-state index contributed by atoms with van der Waals surface area (Å²) in [6.07, 6.45) is 7.61. The predicted molar refractivity (Wildman–Crippen MR) is 62.4 cm³/mol. The summed E-state index contributed by atoms with van der Waals surface area (Å²) in [6.45, 7) is 2.07. The number of nitriles is 1. The minimum absolute atomic E-state index is 0.260. The van der Waals surface area contributed by atoms with E-state index in [1.807, 2.05) is 0 Å². The van der Waals surface area contributed by atoms with Gasteiger partial charge in [0.15, 0.2) is 0 Å². The largest absolute Gasteiger partial charge is 0.269 e. The van der Waals surface area contributed by atoms with Crippen LogP contribution in [0.1, 0.15) is 12.0 Å². The highest BCUT2D eigenvalue weighted by atomic mass is 15.7. The molecule has 1 heterocycles. The number of hydrogen-bond donors (Lipinski definition) is 0. The van der Waals surface area contributed by atoms with Gasteiger partial charge in [0.25, 0.3) is 0 Å². The molecule has 3 heteroatoms. The highest BCUT2D eigenvalue weighted by molar-refractivity contribution is 5.52. The Balaban J connectivity index is 1.98. The minimum Gasteiger partial charge on any atom is -0.269 e. The highest BCUT2D eigenvalue weighted by Crippen LogP contribution is 2.35. The quantitative estimate of drug-likeness (QED) is 0.527. The Hall–Kier alpha value is -1.95. The lowest BCUT2D eigenvalue weighted by molar-refractivity contribution is 0.374. The molecule has 2 aliphatic rings. The zero-order chi connectivity index (χ0) is 11.1. The summed E-state index contributed by atoms with van der Waals surface area (Å²) in [5.41, 5.74) is 2.34. The van der Waals surface area contributed by atoms with Crippen LogP contribution < -0.4 is 5.01 Å². The molecule has 1 saturated heterocycles. The van der Waals surface area contributed by atoms with Crippen molar-refractivity contribution < 1.29 is 0 Å². The Bertz CT molecular complexity index is 469. The van der Waals surface area contributed by atoms with Crippen molar-refractivity contribution >= 4 is 5.69 Å². The molecule has 1 fully saturated rings. The maximum Gasteiger partial charge on any atom is 0.200 e. The molecule has 0 saturated carbocycles. The van der Waals surface area contributed by atoms with Crippen LogP contribution in [0.25, 0.3) is 0 Å². The van der Waals surface area contributed by atoms with Crippen LogP contribution in [0.15, 0.2) is 36.4 Å². The zero-order valence-electron chi connectivity index (χ0n) is 9.17. The van der Waals surface area contributed by atoms with Gasteiger partial charge in [-0.1, -0.05) is 29.8 Å². The van der Waals surface area contributed by atoms with E-state index in [9.17, 15) is 5.26 Å².